The van der Waals surface area contributed by atoms with Crippen LogP contribution in [0.15, 0.2) is 18.5 Å². The van der Waals surface area contributed by atoms with Crippen molar-refractivity contribution in [2.45, 2.75) is 6.42 Å². The molecule has 0 bridgehead atoms. The lowest BCUT2D eigenvalue weighted by Gasteiger charge is -2.34. The first kappa shape index (κ1) is 12.8. The molecule has 5 heteroatoms. The molecule has 3 rings (SSSR count). The van der Waals surface area contributed by atoms with E-state index in [4.69, 9.17) is 4.74 Å². The fraction of sp³-hybridized carbons (Fsp3) is 0.714. The van der Waals surface area contributed by atoms with Crippen molar-refractivity contribution in [2.75, 3.05) is 51.3 Å². The normalized spacial score (nSPS) is 27.5. The smallest absolute Gasteiger partial charge is 0.225 e. The number of aromatic nitrogens is 2. The SMILES string of the molecule is COCCN1C[C@H]2CCN(c3ncccn3)C[C@H]2C1. The zero-order valence-corrected chi connectivity index (χ0v) is 11.5. The summed E-state index contributed by atoms with van der Waals surface area (Å²) >= 11 is 0. The summed E-state index contributed by atoms with van der Waals surface area (Å²) in [7, 11) is 1.78. The van der Waals surface area contributed by atoms with Crippen LogP contribution in [0.2, 0.25) is 0 Å². The Kier molecular flexibility index (Phi) is 3.94. The van der Waals surface area contributed by atoms with Gasteiger partial charge in [-0.25, -0.2) is 9.97 Å². The van der Waals surface area contributed by atoms with E-state index in [1.165, 1.54) is 19.5 Å². The average Bonchev–Trinajstić information content (AvgIpc) is 2.87. The van der Waals surface area contributed by atoms with Crippen LogP contribution in [0.5, 0.6) is 0 Å². The van der Waals surface area contributed by atoms with Gasteiger partial charge >= 0.3 is 0 Å². The van der Waals surface area contributed by atoms with Crippen molar-refractivity contribution in [1.82, 2.24) is 14.9 Å². The van der Waals surface area contributed by atoms with Crippen LogP contribution >= 0.6 is 0 Å². The molecule has 0 unspecified atom stereocenters. The van der Waals surface area contributed by atoms with Crippen LogP contribution in [0.4, 0.5) is 5.95 Å². The summed E-state index contributed by atoms with van der Waals surface area (Å²) < 4.78 is 5.18. The highest BCUT2D eigenvalue weighted by molar-refractivity contribution is 5.29. The van der Waals surface area contributed by atoms with E-state index in [-0.39, 0.29) is 0 Å². The highest BCUT2D eigenvalue weighted by Crippen LogP contribution is 2.31. The van der Waals surface area contributed by atoms with Crippen LogP contribution in [0.3, 0.4) is 0 Å². The number of fused-ring (bicyclic) bond motifs is 1. The standard InChI is InChI=1S/C14H22N4O/c1-19-8-7-17-9-12-3-6-18(11-13(12)10-17)14-15-4-2-5-16-14/h2,4-5,12-13H,3,6-11H2,1H3/t12-,13-/m1/s1. The van der Waals surface area contributed by atoms with Gasteiger partial charge in [0.15, 0.2) is 0 Å². The third-order valence-electron chi connectivity index (χ3n) is 4.32. The predicted molar refractivity (Wildman–Crippen MR) is 74.2 cm³/mol. The number of methoxy groups -OCH3 is 1. The molecule has 0 aliphatic carbocycles. The second-order valence-corrected chi connectivity index (χ2v) is 5.56. The van der Waals surface area contributed by atoms with Crippen molar-refractivity contribution < 1.29 is 4.74 Å². The highest BCUT2D eigenvalue weighted by atomic mass is 16.5. The maximum absolute atomic E-state index is 5.18. The summed E-state index contributed by atoms with van der Waals surface area (Å²) in [4.78, 5) is 13.6. The fourth-order valence-electron chi connectivity index (χ4n) is 3.30. The molecule has 2 aliphatic rings. The van der Waals surface area contributed by atoms with Gasteiger partial charge < -0.3 is 14.5 Å². The predicted octanol–water partition coefficient (Wildman–Crippen LogP) is 0.881. The van der Waals surface area contributed by atoms with Gasteiger partial charge in [-0.3, -0.25) is 0 Å². The van der Waals surface area contributed by atoms with E-state index < -0.39 is 0 Å². The zero-order valence-electron chi connectivity index (χ0n) is 11.5. The van der Waals surface area contributed by atoms with Gasteiger partial charge in [0, 0.05) is 52.2 Å². The lowest BCUT2D eigenvalue weighted by atomic mass is 9.89. The summed E-state index contributed by atoms with van der Waals surface area (Å²) in [5.41, 5.74) is 0. The van der Waals surface area contributed by atoms with Crippen molar-refractivity contribution in [2.24, 2.45) is 11.8 Å². The summed E-state index contributed by atoms with van der Waals surface area (Å²) in [6.45, 7) is 6.51. The third-order valence-corrected chi connectivity index (χ3v) is 4.32. The van der Waals surface area contributed by atoms with E-state index in [2.05, 4.69) is 19.8 Å². The second-order valence-electron chi connectivity index (χ2n) is 5.56. The molecule has 19 heavy (non-hydrogen) atoms. The quantitative estimate of drug-likeness (QED) is 0.806. The van der Waals surface area contributed by atoms with Crippen LogP contribution in [0.1, 0.15) is 6.42 Å². The number of ether oxygens (including phenoxy) is 1. The first-order valence-electron chi connectivity index (χ1n) is 7.10. The van der Waals surface area contributed by atoms with Crippen LogP contribution in [-0.4, -0.2) is 61.3 Å². The van der Waals surface area contributed by atoms with Crippen molar-refractivity contribution in [1.29, 1.82) is 0 Å². The minimum atomic E-state index is 0.759. The average molecular weight is 262 g/mol. The van der Waals surface area contributed by atoms with Crippen molar-refractivity contribution in [3.63, 3.8) is 0 Å². The number of rotatable bonds is 4. The minimum absolute atomic E-state index is 0.759. The molecule has 104 valence electrons. The van der Waals surface area contributed by atoms with Gasteiger partial charge in [0.25, 0.3) is 0 Å². The first-order valence-corrected chi connectivity index (χ1v) is 7.10. The largest absolute Gasteiger partial charge is 0.383 e. The highest BCUT2D eigenvalue weighted by Gasteiger charge is 2.37. The molecule has 2 atom stereocenters. The lowest BCUT2D eigenvalue weighted by Crippen LogP contribution is -2.40. The lowest BCUT2D eigenvalue weighted by molar-refractivity contribution is 0.158. The summed E-state index contributed by atoms with van der Waals surface area (Å²) in [6, 6.07) is 1.87. The Hall–Kier alpha value is -1.20. The number of likely N-dealkylation sites (tertiary alicyclic amines) is 1. The molecular weight excluding hydrogens is 240 g/mol. The van der Waals surface area contributed by atoms with Gasteiger partial charge in [-0.2, -0.15) is 0 Å². The Morgan fingerprint density at radius 1 is 1.21 bits per heavy atom. The fourth-order valence-corrected chi connectivity index (χ4v) is 3.30. The molecule has 1 aromatic rings. The Bertz CT molecular complexity index is 400. The molecule has 1 aromatic heterocycles. The zero-order chi connectivity index (χ0) is 13.1. The second kappa shape index (κ2) is 5.84. The molecule has 0 radical (unpaired) electrons. The van der Waals surface area contributed by atoms with Gasteiger partial charge in [-0.05, 0) is 24.3 Å². The molecule has 0 saturated carbocycles. The van der Waals surface area contributed by atoms with Gasteiger partial charge in [-0.1, -0.05) is 0 Å². The van der Waals surface area contributed by atoms with Gasteiger partial charge in [0.2, 0.25) is 5.95 Å². The van der Waals surface area contributed by atoms with Crippen molar-refractivity contribution >= 4 is 5.95 Å². The Morgan fingerprint density at radius 2 is 2.00 bits per heavy atom. The van der Waals surface area contributed by atoms with E-state index in [1.54, 1.807) is 7.11 Å². The summed E-state index contributed by atoms with van der Waals surface area (Å²) in [5.74, 6) is 2.49. The Labute approximate surface area is 114 Å². The van der Waals surface area contributed by atoms with Gasteiger partial charge in [-0.15, -0.1) is 0 Å². The molecule has 2 fully saturated rings. The number of hydrogen-bond donors (Lipinski definition) is 0. The van der Waals surface area contributed by atoms with E-state index in [9.17, 15) is 0 Å². The molecule has 0 N–H and O–H groups in total. The number of nitrogens with zero attached hydrogens (tertiary/aromatic N) is 4. The Balaban J connectivity index is 1.59. The van der Waals surface area contributed by atoms with E-state index in [0.29, 0.717) is 0 Å². The molecule has 2 aliphatic heterocycles. The molecule has 0 spiro atoms. The third kappa shape index (κ3) is 2.87. The van der Waals surface area contributed by atoms with E-state index in [0.717, 1.165) is 44.0 Å². The number of anilines is 1. The number of piperidine rings is 1. The van der Waals surface area contributed by atoms with Crippen LogP contribution in [-0.2, 0) is 4.74 Å². The molecule has 3 heterocycles. The summed E-state index contributed by atoms with van der Waals surface area (Å²) in [6.07, 6.45) is 4.91. The van der Waals surface area contributed by atoms with Crippen molar-refractivity contribution in [3.8, 4) is 0 Å². The van der Waals surface area contributed by atoms with Crippen LogP contribution in [0.25, 0.3) is 0 Å². The van der Waals surface area contributed by atoms with E-state index in [1.807, 2.05) is 18.5 Å². The van der Waals surface area contributed by atoms with Crippen molar-refractivity contribution in [3.05, 3.63) is 18.5 Å². The minimum Gasteiger partial charge on any atom is -0.383 e. The molecule has 2 saturated heterocycles. The van der Waals surface area contributed by atoms with Gasteiger partial charge in [0.05, 0.1) is 6.61 Å². The van der Waals surface area contributed by atoms with E-state index >= 15 is 0 Å². The first-order chi connectivity index (χ1) is 9.36. The maximum atomic E-state index is 5.18. The molecular formula is C14H22N4O. The number of hydrogen-bond acceptors (Lipinski definition) is 5. The monoisotopic (exact) mass is 262 g/mol. The van der Waals surface area contributed by atoms with Gasteiger partial charge in [0.1, 0.15) is 0 Å². The topological polar surface area (TPSA) is 41.5 Å². The van der Waals surface area contributed by atoms with Crippen LogP contribution in [0, 0.1) is 11.8 Å². The molecule has 5 nitrogen and oxygen atoms in total. The van der Waals surface area contributed by atoms with Crippen LogP contribution < -0.4 is 4.90 Å². The maximum Gasteiger partial charge on any atom is 0.225 e. The molecule has 0 aromatic carbocycles. The molecule has 0 amide bonds. The summed E-state index contributed by atoms with van der Waals surface area (Å²) in [5, 5.41) is 0. The Morgan fingerprint density at radius 3 is 2.79 bits per heavy atom.